The van der Waals surface area contributed by atoms with E-state index in [1.807, 2.05) is 32.0 Å². The Morgan fingerprint density at radius 3 is 1.90 bits per heavy atom. The molecule has 13 atom stereocenters. The summed E-state index contributed by atoms with van der Waals surface area (Å²) in [4.78, 5) is 143. The van der Waals surface area contributed by atoms with E-state index >= 15 is 0 Å². The smallest absolute Gasteiger partial charge is 0.410 e. The summed E-state index contributed by atoms with van der Waals surface area (Å²) in [5.74, 6) is -1.49. The van der Waals surface area contributed by atoms with Crippen molar-refractivity contribution < 1.29 is 72.1 Å². The van der Waals surface area contributed by atoms with E-state index in [1.54, 1.807) is 109 Å². The molecule has 3 rings (SSSR count). The first-order chi connectivity index (χ1) is 42.4. The molecule has 1 saturated heterocycles. The van der Waals surface area contributed by atoms with Gasteiger partial charge in [-0.3, -0.25) is 48.1 Å². The van der Waals surface area contributed by atoms with Crippen molar-refractivity contribution in [3.8, 4) is 0 Å². The molecule has 27 heteroatoms. The lowest BCUT2D eigenvalue weighted by atomic mass is 9.89. The van der Waals surface area contributed by atoms with Crippen LogP contribution in [0.5, 0.6) is 0 Å². The molecule has 12 N–H and O–H groups in total. The molecule has 27 nitrogen and oxygen atoms in total. The maximum Gasteiger partial charge on any atom is 0.410 e. The third-order valence-electron chi connectivity index (χ3n) is 16.5. The van der Waals surface area contributed by atoms with Gasteiger partial charge in [-0.2, -0.15) is 0 Å². The number of amides is 11. The molecule has 0 aliphatic carbocycles. The van der Waals surface area contributed by atoms with Crippen molar-refractivity contribution in [3.05, 3.63) is 65.7 Å². The molecule has 11 amide bonds. The topological polar surface area (TPSA) is 374 Å². The first-order valence-corrected chi connectivity index (χ1v) is 30.9. The van der Waals surface area contributed by atoms with Gasteiger partial charge in [0.25, 0.3) is 0 Å². The molecule has 3 unspecified atom stereocenters. The van der Waals surface area contributed by atoms with Crippen molar-refractivity contribution >= 4 is 65.1 Å². The molecule has 2 aromatic rings. The molecule has 0 saturated carbocycles. The number of carbonyl (C=O) groups is 10. The summed E-state index contributed by atoms with van der Waals surface area (Å²) < 4.78 is 17.7. The summed E-state index contributed by atoms with van der Waals surface area (Å²) in [5, 5.41) is 29.7. The summed E-state index contributed by atoms with van der Waals surface area (Å²) in [6.45, 7) is 19.1. The lowest BCUT2D eigenvalue weighted by molar-refractivity contribution is -0.148. The van der Waals surface area contributed by atoms with Crippen molar-refractivity contribution in [3.63, 3.8) is 0 Å². The van der Waals surface area contributed by atoms with E-state index in [9.17, 15) is 53.1 Å². The summed E-state index contributed by atoms with van der Waals surface area (Å²) in [6, 6.07) is 7.41. The molecule has 1 aliphatic rings. The quantitative estimate of drug-likeness (QED) is 0.0346. The van der Waals surface area contributed by atoms with E-state index in [0.717, 1.165) is 0 Å². The molecule has 504 valence electrons. The summed E-state index contributed by atoms with van der Waals surface area (Å²) in [7, 11) is 6.06. The highest BCUT2D eigenvalue weighted by atomic mass is 16.6. The zero-order valence-electron chi connectivity index (χ0n) is 55.2. The number of benzene rings is 2. The highest BCUT2D eigenvalue weighted by Crippen LogP contribution is 2.30. The Hall–Kier alpha value is -7.46. The monoisotopic (exact) mass is 1270 g/mol. The van der Waals surface area contributed by atoms with Gasteiger partial charge in [0.1, 0.15) is 43.4 Å². The Balaban J connectivity index is 1.71. The van der Waals surface area contributed by atoms with Crippen molar-refractivity contribution in [1.29, 1.82) is 0 Å². The van der Waals surface area contributed by atoms with Crippen LogP contribution in [0.2, 0.25) is 0 Å². The number of urea groups is 1. The lowest BCUT2D eigenvalue weighted by Gasteiger charge is -2.41. The maximum absolute atomic E-state index is 14.8. The van der Waals surface area contributed by atoms with Crippen LogP contribution in [0.1, 0.15) is 132 Å². The van der Waals surface area contributed by atoms with Gasteiger partial charge in [0.15, 0.2) is 0 Å². The van der Waals surface area contributed by atoms with Crippen LogP contribution in [0.15, 0.2) is 54.6 Å². The Labute approximate surface area is 530 Å². The van der Waals surface area contributed by atoms with E-state index in [-0.39, 0.29) is 50.1 Å². The molecule has 0 aromatic heterocycles. The van der Waals surface area contributed by atoms with Gasteiger partial charge >= 0.3 is 12.1 Å². The van der Waals surface area contributed by atoms with E-state index < -0.39 is 144 Å². The fourth-order valence-corrected chi connectivity index (χ4v) is 11.1. The molecule has 90 heavy (non-hydrogen) atoms. The Morgan fingerprint density at radius 2 is 1.34 bits per heavy atom. The van der Waals surface area contributed by atoms with Crippen LogP contribution < -0.4 is 48.8 Å². The standard InChI is InChI=1S/C63H102N12O15/c1-16-38(8)53(47(87-14)32-49(77)75-31-21-25-46(75)55(88-15)39(9)56(79)68-40(10)54(78)43-22-18-17-19-23-43)73(12)61(84)51(36(4)5)72-60(83)52(37(6)7)74(13)63(86)89-33-42-26-28-44(29-27-42)69-58(81)45(24-20-30-66-62(64)85)70-59(82)50(35(2)3)71-57(80)41(11)67-48(76)34-90-65/h17-19,22-23,26-29,35-41,45-47,50-55,78H,16,20-21,24-25,30-34,65H2,1-15H3,(H,67,76)(H,68,79)(H,69,81)(H,70,82)(H,71,80)(H,72,83)(H3,64,66,85)/t38?,39-,40-,41?,45+,46+,47-,50+,51+,52+,53+,54?,55-/m1/s1. The average Bonchev–Trinajstić information content (AvgIpc) is 2.25. The van der Waals surface area contributed by atoms with Crippen LogP contribution in [0.25, 0.3) is 0 Å². The molecule has 0 bridgehead atoms. The number of anilines is 1. The van der Waals surface area contributed by atoms with Gasteiger partial charge in [-0.1, -0.05) is 111 Å². The van der Waals surface area contributed by atoms with E-state index in [0.29, 0.717) is 42.6 Å². The van der Waals surface area contributed by atoms with Gasteiger partial charge in [-0.05, 0) is 86.5 Å². The average molecular weight is 1270 g/mol. The number of carbonyl (C=O) groups excluding carboxylic acids is 10. The number of methoxy groups -OCH3 is 2. The van der Waals surface area contributed by atoms with E-state index in [2.05, 4.69) is 42.1 Å². The lowest BCUT2D eigenvalue weighted by Crippen LogP contribution is -2.60. The number of likely N-dealkylation sites (N-methyl/N-ethyl adjacent to an activating group) is 2. The molecule has 1 fully saturated rings. The number of nitrogens with two attached hydrogens (primary N) is 2. The first-order valence-electron chi connectivity index (χ1n) is 30.9. The maximum atomic E-state index is 14.8. The zero-order valence-corrected chi connectivity index (χ0v) is 55.2. The minimum Gasteiger partial charge on any atom is -0.445 e. The number of rotatable bonds is 36. The Kier molecular flexibility index (Phi) is 32.1. The summed E-state index contributed by atoms with van der Waals surface area (Å²) in [5.41, 5.74) is 6.71. The SMILES string of the molecule is CCC(C)[C@@H]([C@@H](CC(=O)N1CCC[C@H]1[C@H](OC)[C@@H](C)C(=O)N[C@H](C)C(O)c1ccccc1)OC)N(C)C(=O)[C@@H](NC(=O)[C@H](C(C)C)N(C)C(=O)OCc1ccc(NC(=O)[C@H](CCCNC(N)=O)NC(=O)[C@@H](NC(=O)C(C)NC(=O)CON)C(C)C)cc1)C(C)C. The number of ether oxygens (including phenoxy) is 3. The van der Waals surface area contributed by atoms with Crippen molar-refractivity contribution in [2.45, 2.75) is 188 Å². The predicted octanol–water partition coefficient (Wildman–Crippen LogP) is 2.99. The van der Waals surface area contributed by atoms with Crippen molar-refractivity contribution in [2.75, 3.05) is 53.3 Å². The van der Waals surface area contributed by atoms with Gasteiger partial charge in [-0.25, -0.2) is 15.5 Å². The number of aliphatic hydroxyl groups excluding tert-OH is 1. The number of likely N-dealkylation sites (tertiary alicyclic amines) is 1. The minimum absolute atomic E-state index is 0.0504. The van der Waals surface area contributed by atoms with Crippen molar-refractivity contribution in [1.82, 2.24) is 46.6 Å². The predicted molar refractivity (Wildman–Crippen MR) is 337 cm³/mol. The molecule has 1 aliphatic heterocycles. The number of nitrogens with zero attached hydrogens (tertiary/aromatic N) is 3. The number of nitrogens with one attached hydrogen (secondary N) is 7. The molecule has 0 spiro atoms. The van der Waals surface area contributed by atoms with Gasteiger partial charge in [0.05, 0.1) is 48.8 Å². The van der Waals surface area contributed by atoms with E-state index in [4.69, 9.17) is 25.8 Å². The summed E-state index contributed by atoms with van der Waals surface area (Å²) >= 11 is 0. The van der Waals surface area contributed by atoms with Crippen molar-refractivity contribution in [2.24, 2.45) is 41.2 Å². The molecular weight excluding hydrogens is 1160 g/mol. The third-order valence-corrected chi connectivity index (χ3v) is 16.5. The highest BCUT2D eigenvalue weighted by molar-refractivity contribution is 5.99. The number of primary amides is 1. The van der Waals surface area contributed by atoms with Gasteiger partial charge in [-0.15, -0.1) is 0 Å². The number of aliphatic hydroxyl groups is 1. The molecule has 0 radical (unpaired) electrons. The second-order valence-corrected chi connectivity index (χ2v) is 24.3. The van der Waals surface area contributed by atoms with Crippen LogP contribution in [-0.4, -0.2) is 188 Å². The fraction of sp³-hybridized carbons (Fsp3) is 0.651. The van der Waals surface area contributed by atoms with Crippen LogP contribution >= 0.6 is 0 Å². The Morgan fingerprint density at radius 1 is 0.722 bits per heavy atom. The second-order valence-electron chi connectivity index (χ2n) is 24.3. The normalized spacial score (nSPS) is 17.2. The molecular formula is C63H102N12O15. The second kappa shape index (κ2) is 37.6. The van der Waals surface area contributed by atoms with E-state index in [1.165, 1.54) is 33.1 Å². The highest BCUT2D eigenvalue weighted by Gasteiger charge is 2.44. The van der Waals surface area contributed by atoms with Gasteiger partial charge in [0.2, 0.25) is 47.3 Å². The van der Waals surface area contributed by atoms with Crippen LogP contribution in [0.3, 0.4) is 0 Å². The largest absolute Gasteiger partial charge is 0.445 e. The fourth-order valence-electron chi connectivity index (χ4n) is 11.1. The zero-order chi connectivity index (χ0) is 67.7. The number of hydrogen-bond donors (Lipinski definition) is 10. The van der Waals surface area contributed by atoms with Crippen LogP contribution in [0.4, 0.5) is 15.3 Å². The van der Waals surface area contributed by atoms with Crippen LogP contribution in [-0.2, 0) is 64.0 Å². The van der Waals surface area contributed by atoms with Gasteiger partial charge < -0.3 is 72.1 Å². The Bertz CT molecular complexity index is 2670. The molecule has 2 aromatic carbocycles. The molecule has 1 heterocycles. The minimum atomic E-state index is -1.16. The first kappa shape index (κ1) is 76.8. The summed E-state index contributed by atoms with van der Waals surface area (Å²) in [6.07, 6.45) is -1.15. The number of hydrogen-bond acceptors (Lipinski definition) is 16. The third kappa shape index (κ3) is 22.8. The van der Waals surface area contributed by atoms with Gasteiger partial charge in [0, 0.05) is 47.1 Å². The van der Waals surface area contributed by atoms with Crippen LogP contribution in [0, 0.1) is 29.6 Å².